The highest BCUT2D eigenvalue weighted by Gasteiger charge is 2.17. The molecular formula is C14H17N3O3. The summed E-state index contributed by atoms with van der Waals surface area (Å²) in [5.41, 5.74) is 0.751. The van der Waals surface area contributed by atoms with Crippen molar-refractivity contribution in [2.45, 2.75) is 19.8 Å². The zero-order valence-corrected chi connectivity index (χ0v) is 11.2. The summed E-state index contributed by atoms with van der Waals surface area (Å²) in [6.07, 6.45) is 1.24. The summed E-state index contributed by atoms with van der Waals surface area (Å²) in [6, 6.07) is 8.05. The van der Waals surface area contributed by atoms with E-state index >= 15 is 0 Å². The van der Waals surface area contributed by atoms with Crippen molar-refractivity contribution < 1.29 is 14.7 Å². The molecule has 0 aromatic heterocycles. The van der Waals surface area contributed by atoms with E-state index in [4.69, 9.17) is 10.4 Å². The van der Waals surface area contributed by atoms with Crippen molar-refractivity contribution in [1.29, 1.82) is 5.26 Å². The van der Waals surface area contributed by atoms with E-state index in [-0.39, 0.29) is 6.54 Å². The van der Waals surface area contributed by atoms with Gasteiger partial charge in [-0.25, -0.2) is 4.79 Å². The molecule has 1 aromatic rings. The van der Waals surface area contributed by atoms with Gasteiger partial charge in [0, 0.05) is 6.54 Å². The normalized spacial score (nSPS) is 11.2. The molecule has 0 aliphatic rings. The Morgan fingerprint density at radius 2 is 2.10 bits per heavy atom. The molecule has 106 valence electrons. The van der Waals surface area contributed by atoms with Crippen LogP contribution in [0.3, 0.4) is 0 Å². The lowest BCUT2D eigenvalue weighted by Gasteiger charge is -2.13. The summed E-state index contributed by atoms with van der Waals surface area (Å²) in [5.74, 6) is -1.53. The Morgan fingerprint density at radius 3 is 2.70 bits per heavy atom. The molecule has 1 unspecified atom stereocenters. The van der Waals surface area contributed by atoms with Gasteiger partial charge in [-0.15, -0.1) is 0 Å². The second-order valence-corrected chi connectivity index (χ2v) is 4.32. The largest absolute Gasteiger partial charge is 0.481 e. The fourth-order valence-electron chi connectivity index (χ4n) is 1.73. The number of carbonyl (C=O) groups excluding carboxylic acids is 1. The van der Waals surface area contributed by atoms with Gasteiger partial charge in [0.05, 0.1) is 17.2 Å². The van der Waals surface area contributed by atoms with Crippen LogP contribution < -0.4 is 10.6 Å². The number of urea groups is 1. The summed E-state index contributed by atoms with van der Waals surface area (Å²) >= 11 is 0. The minimum absolute atomic E-state index is 0.0593. The number of nitrogens with one attached hydrogen (secondary N) is 2. The monoisotopic (exact) mass is 275 g/mol. The van der Waals surface area contributed by atoms with Crippen molar-refractivity contribution in [3.63, 3.8) is 0 Å². The Hall–Kier alpha value is -2.55. The summed E-state index contributed by atoms with van der Waals surface area (Å²) in [6.45, 7) is 1.95. The number of para-hydroxylation sites is 1. The number of carboxylic acids is 1. The molecule has 2 amide bonds. The van der Waals surface area contributed by atoms with E-state index in [1.807, 2.05) is 13.0 Å². The third-order valence-corrected chi connectivity index (χ3v) is 2.79. The summed E-state index contributed by atoms with van der Waals surface area (Å²) < 4.78 is 0. The Kier molecular flexibility index (Phi) is 6.04. The number of aliphatic carboxylic acids is 1. The Labute approximate surface area is 117 Å². The van der Waals surface area contributed by atoms with Gasteiger partial charge < -0.3 is 15.7 Å². The first-order chi connectivity index (χ1) is 9.58. The molecule has 6 nitrogen and oxygen atoms in total. The van der Waals surface area contributed by atoms with Crippen LogP contribution in [0.5, 0.6) is 0 Å². The van der Waals surface area contributed by atoms with E-state index in [2.05, 4.69) is 10.6 Å². The van der Waals surface area contributed by atoms with Gasteiger partial charge in [0.2, 0.25) is 0 Å². The van der Waals surface area contributed by atoms with Crippen LogP contribution in [0, 0.1) is 17.2 Å². The molecule has 0 spiro atoms. The molecule has 1 aromatic carbocycles. The van der Waals surface area contributed by atoms with E-state index in [1.54, 1.807) is 24.3 Å². The molecule has 0 bridgehead atoms. The topological polar surface area (TPSA) is 102 Å². The number of anilines is 1. The van der Waals surface area contributed by atoms with Crippen molar-refractivity contribution in [1.82, 2.24) is 5.32 Å². The highest BCUT2D eigenvalue weighted by atomic mass is 16.4. The van der Waals surface area contributed by atoms with Gasteiger partial charge in [-0.3, -0.25) is 4.79 Å². The summed E-state index contributed by atoms with van der Waals surface area (Å²) in [4.78, 5) is 22.6. The van der Waals surface area contributed by atoms with E-state index in [0.29, 0.717) is 17.7 Å². The lowest BCUT2D eigenvalue weighted by Crippen LogP contribution is -2.35. The number of hydrogen-bond donors (Lipinski definition) is 3. The van der Waals surface area contributed by atoms with Crippen LogP contribution in [0.2, 0.25) is 0 Å². The second kappa shape index (κ2) is 7.79. The number of benzene rings is 1. The minimum Gasteiger partial charge on any atom is -0.481 e. The predicted molar refractivity (Wildman–Crippen MR) is 74.2 cm³/mol. The van der Waals surface area contributed by atoms with Crippen LogP contribution in [-0.2, 0) is 4.79 Å². The van der Waals surface area contributed by atoms with Crippen LogP contribution in [0.4, 0.5) is 10.5 Å². The fourth-order valence-corrected chi connectivity index (χ4v) is 1.73. The predicted octanol–water partition coefficient (Wildman–Crippen LogP) is 2.18. The molecule has 6 heteroatoms. The number of hydrogen-bond acceptors (Lipinski definition) is 3. The molecule has 1 atom stereocenters. The maximum atomic E-state index is 11.7. The van der Waals surface area contributed by atoms with Crippen molar-refractivity contribution in [2.75, 3.05) is 11.9 Å². The molecule has 1 rings (SSSR count). The van der Waals surface area contributed by atoms with Gasteiger partial charge in [0.15, 0.2) is 0 Å². The standard InChI is InChI=1S/C14H17N3O3/c1-2-5-11(13(18)19)9-16-14(20)17-12-7-4-3-6-10(12)8-15/h3-4,6-7,11H,2,5,9H2,1H3,(H,18,19)(H2,16,17,20). The first kappa shape index (κ1) is 15.5. The van der Waals surface area contributed by atoms with Crippen LogP contribution in [-0.4, -0.2) is 23.7 Å². The van der Waals surface area contributed by atoms with Gasteiger partial charge in [0.1, 0.15) is 6.07 Å². The lowest BCUT2D eigenvalue weighted by molar-refractivity contribution is -0.141. The number of carboxylic acid groups (broad SMARTS) is 1. The first-order valence-electron chi connectivity index (χ1n) is 6.35. The van der Waals surface area contributed by atoms with Gasteiger partial charge in [0.25, 0.3) is 0 Å². The molecule has 0 fully saturated rings. The van der Waals surface area contributed by atoms with Crippen LogP contribution in [0.15, 0.2) is 24.3 Å². The average Bonchev–Trinajstić information content (AvgIpc) is 2.43. The lowest BCUT2D eigenvalue weighted by atomic mass is 10.0. The zero-order valence-electron chi connectivity index (χ0n) is 11.2. The average molecular weight is 275 g/mol. The molecule has 20 heavy (non-hydrogen) atoms. The summed E-state index contributed by atoms with van der Waals surface area (Å²) in [5, 5.41) is 22.9. The highest BCUT2D eigenvalue weighted by molar-refractivity contribution is 5.91. The van der Waals surface area contributed by atoms with Crippen LogP contribution in [0.25, 0.3) is 0 Å². The van der Waals surface area contributed by atoms with E-state index < -0.39 is 17.9 Å². The number of nitrogens with zero attached hydrogens (tertiary/aromatic N) is 1. The Morgan fingerprint density at radius 1 is 1.40 bits per heavy atom. The minimum atomic E-state index is -0.926. The maximum absolute atomic E-state index is 11.7. The van der Waals surface area contributed by atoms with E-state index in [0.717, 1.165) is 6.42 Å². The van der Waals surface area contributed by atoms with Crippen molar-refractivity contribution in [3.8, 4) is 6.07 Å². The molecule has 0 heterocycles. The second-order valence-electron chi connectivity index (χ2n) is 4.32. The molecular weight excluding hydrogens is 258 g/mol. The number of amides is 2. The van der Waals surface area contributed by atoms with Crippen LogP contribution in [0.1, 0.15) is 25.3 Å². The Balaban J connectivity index is 2.56. The molecule has 0 saturated heterocycles. The smallest absolute Gasteiger partial charge is 0.319 e. The highest BCUT2D eigenvalue weighted by Crippen LogP contribution is 2.13. The Bertz CT molecular complexity index is 523. The van der Waals surface area contributed by atoms with Crippen molar-refractivity contribution >= 4 is 17.7 Å². The number of rotatable bonds is 6. The molecule has 3 N–H and O–H groups in total. The summed E-state index contributed by atoms with van der Waals surface area (Å²) in [7, 11) is 0. The zero-order chi connectivity index (χ0) is 15.0. The molecule has 0 saturated carbocycles. The SMILES string of the molecule is CCCC(CNC(=O)Nc1ccccc1C#N)C(=O)O. The fraction of sp³-hybridized carbons (Fsp3) is 0.357. The van der Waals surface area contributed by atoms with E-state index in [1.165, 1.54) is 0 Å². The first-order valence-corrected chi connectivity index (χ1v) is 6.35. The third-order valence-electron chi connectivity index (χ3n) is 2.79. The molecule has 0 radical (unpaired) electrons. The van der Waals surface area contributed by atoms with Gasteiger partial charge in [-0.1, -0.05) is 25.5 Å². The van der Waals surface area contributed by atoms with Gasteiger partial charge in [-0.05, 0) is 18.6 Å². The molecule has 0 aliphatic heterocycles. The quantitative estimate of drug-likeness (QED) is 0.740. The number of nitriles is 1. The van der Waals surface area contributed by atoms with Gasteiger partial charge >= 0.3 is 12.0 Å². The maximum Gasteiger partial charge on any atom is 0.319 e. The van der Waals surface area contributed by atoms with Crippen molar-refractivity contribution in [2.24, 2.45) is 5.92 Å². The van der Waals surface area contributed by atoms with Gasteiger partial charge in [-0.2, -0.15) is 5.26 Å². The van der Waals surface area contributed by atoms with Crippen molar-refractivity contribution in [3.05, 3.63) is 29.8 Å². The number of carbonyl (C=O) groups is 2. The molecule has 0 aliphatic carbocycles. The third kappa shape index (κ3) is 4.61. The van der Waals surface area contributed by atoms with E-state index in [9.17, 15) is 9.59 Å². The van der Waals surface area contributed by atoms with Crippen LogP contribution >= 0.6 is 0 Å².